The number of ketones is 1. The van der Waals surface area contributed by atoms with Crippen LogP contribution in [0.1, 0.15) is 203 Å². The van der Waals surface area contributed by atoms with E-state index in [0.717, 1.165) is 99.8 Å². The molecule has 7 fully saturated rings. The molecule has 0 radical (unpaired) electrons. The van der Waals surface area contributed by atoms with Crippen LogP contribution in [0.3, 0.4) is 0 Å². The van der Waals surface area contributed by atoms with Crippen molar-refractivity contribution in [3.05, 3.63) is 226 Å². The van der Waals surface area contributed by atoms with Gasteiger partial charge >= 0.3 is 30.6 Å². The Morgan fingerprint density at radius 1 is 0.442 bits per heavy atom. The van der Waals surface area contributed by atoms with Gasteiger partial charge in [0.2, 0.25) is 11.8 Å². The lowest BCUT2D eigenvalue weighted by molar-refractivity contribution is -0.143. The number of hydrogen-bond acceptors (Lipinski definition) is 15. The molecule has 9 unspecified atom stereocenters. The highest BCUT2D eigenvalue weighted by Crippen LogP contribution is 2.39. The molecule has 9 atom stereocenters. The summed E-state index contributed by atoms with van der Waals surface area (Å²) >= 11 is 0. The van der Waals surface area contributed by atoms with Crippen LogP contribution in [0.4, 0.5) is 40.7 Å². The van der Waals surface area contributed by atoms with E-state index in [4.69, 9.17) is 18.9 Å². The Labute approximate surface area is 761 Å². The Kier molecular flexibility index (Phi) is 38.7. The first-order valence-corrected chi connectivity index (χ1v) is 46.1. The van der Waals surface area contributed by atoms with Gasteiger partial charge in [-0.25, -0.2) is 14.4 Å². The van der Waals surface area contributed by atoms with E-state index < -0.39 is 69.9 Å². The lowest BCUT2D eigenvalue weighted by atomic mass is 9.86. The number of piperidine rings is 6. The van der Waals surface area contributed by atoms with E-state index in [1.165, 1.54) is 42.3 Å². The van der Waals surface area contributed by atoms with Crippen molar-refractivity contribution in [3.8, 4) is 0 Å². The SMILES string of the molecule is CC(=O)N1CCC(NC2CCCN(C(=O)c3cc(C(F)(F)F)cc(C(F)(F)F)c3)C2Cc2ccccc2)CC1.CC(=O)N1CCN(CC2CCCN(P)C2Cc2ccccc2)CC1.CC(C)(C)OC(=O)N1CCCC(=O)C1Cc1ccccc1.CC(C)(C)OC(=O)N1CCCC(C=O)C1Cc1ccccc1.CO/C=C1\CCCN(C(=O)OC(C)(C)C)C1Cc1ccccc1. The second-order valence-electron chi connectivity index (χ2n) is 37.7. The summed E-state index contributed by atoms with van der Waals surface area (Å²) in [7, 11) is 4.61. The quantitative estimate of drug-likeness (QED) is 0.0296. The number of carbonyl (C=O) groups is 8. The minimum Gasteiger partial charge on any atom is -0.504 e. The molecule has 7 aliphatic rings. The second kappa shape index (κ2) is 48.5. The van der Waals surface area contributed by atoms with Crippen molar-refractivity contribution in [2.75, 3.05) is 85.6 Å². The molecule has 28 heteroatoms. The summed E-state index contributed by atoms with van der Waals surface area (Å²) in [5, 5.41) is 3.60. The van der Waals surface area contributed by atoms with Gasteiger partial charge in [0.15, 0.2) is 5.78 Å². The number of rotatable bonds is 17. The summed E-state index contributed by atoms with van der Waals surface area (Å²) in [6.07, 6.45) is 5.33. The Hall–Kier alpha value is -9.69. The zero-order valence-electron chi connectivity index (χ0n) is 77.3. The molecule has 6 amide bonds. The van der Waals surface area contributed by atoms with Gasteiger partial charge < -0.3 is 53.6 Å². The molecular formula is C101H136F6N9O12P. The fraction of sp³-hybridized carbons (Fsp3) is 0.545. The molecule has 0 spiro atoms. The number of ether oxygens (including phenoxy) is 4. The van der Waals surface area contributed by atoms with Gasteiger partial charge in [0.1, 0.15) is 23.1 Å². The largest absolute Gasteiger partial charge is 0.504 e. The van der Waals surface area contributed by atoms with Crippen molar-refractivity contribution in [3.63, 3.8) is 0 Å². The number of methoxy groups -OCH3 is 1. The van der Waals surface area contributed by atoms with Gasteiger partial charge in [-0.05, 0) is 216 Å². The van der Waals surface area contributed by atoms with E-state index >= 15 is 0 Å². The molecular weight excluding hydrogens is 1680 g/mol. The predicted octanol–water partition coefficient (Wildman–Crippen LogP) is 18.6. The molecule has 7 saturated heterocycles. The molecule has 0 saturated carbocycles. The van der Waals surface area contributed by atoms with Gasteiger partial charge in [0, 0.05) is 141 Å². The maximum Gasteiger partial charge on any atom is 0.416 e. The van der Waals surface area contributed by atoms with Crippen LogP contribution in [0.5, 0.6) is 0 Å². The molecule has 13 rings (SSSR count). The van der Waals surface area contributed by atoms with Crippen molar-refractivity contribution >= 4 is 57.5 Å². The summed E-state index contributed by atoms with van der Waals surface area (Å²) < 4.78 is 105. The van der Waals surface area contributed by atoms with Crippen molar-refractivity contribution in [1.29, 1.82) is 0 Å². The average Bonchev–Trinajstić information content (AvgIpc) is 0.793. The van der Waals surface area contributed by atoms with Gasteiger partial charge in [0.05, 0.1) is 42.6 Å². The zero-order chi connectivity index (χ0) is 93.8. The van der Waals surface area contributed by atoms with Gasteiger partial charge in [-0.1, -0.05) is 161 Å². The minimum absolute atomic E-state index is 0.00385. The van der Waals surface area contributed by atoms with Crippen LogP contribution in [0.25, 0.3) is 0 Å². The first-order chi connectivity index (χ1) is 61.1. The summed E-state index contributed by atoms with van der Waals surface area (Å²) in [5.74, 6) is 0.0674. The van der Waals surface area contributed by atoms with Crippen LogP contribution in [0, 0.1) is 11.8 Å². The molecule has 704 valence electrons. The van der Waals surface area contributed by atoms with Crippen molar-refractivity contribution in [1.82, 2.24) is 44.3 Å². The predicted molar refractivity (Wildman–Crippen MR) is 493 cm³/mol. The number of likely N-dealkylation sites (tertiary alicyclic amines) is 5. The normalized spacial score (nSPS) is 21.9. The van der Waals surface area contributed by atoms with Gasteiger partial charge in [0.25, 0.3) is 5.91 Å². The average molecular weight is 1810 g/mol. The molecule has 6 aromatic rings. The molecule has 7 aliphatic heterocycles. The minimum atomic E-state index is -5.04. The summed E-state index contributed by atoms with van der Waals surface area (Å²) in [4.78, 5) is 111. The van der Waals surface area contributed by atoms with Crippen LogP contribution in [-0.4, -0.2) is 232 Å². The molecule has 1 N–H and O–H groups in total. The number of alkyl halides is 6. The monoisotopic (exact) mass is 1810 g/mol. The highest BCUT2D eigenvalue weighted by Gasteiger charge is 2.44. The number of Topliss-reactive ketones (excluding diaryl/α,β-unsaturated/α-hetero) is 1. The highest BCUT2D eigenvalue weighted by molar-refractivity contribution is 7.13. The molecule has 0 aromatic heterocycles. The standard InChI is InChI=1S/C28H31F6N3O2.C19H30N3OP.C19H27NO3.C18H25NO3.C17H23NO3/c1-18(38)36-12-9-23(10-13-36)35-24-8-5-11-37(25(24)14-19-6-3-2-4-7-19)26(39)20-15-21(27(29,30)31)17-22(16-20)28(32,33)34;1-16(23)21-12-10-20(11-13-21)15-18-8-5-9-22(24)19(18)14-17-6-3-2-4-7-17;1-19(2,3)23-18(21)20-12-8-11-16(14-22-4)17(20)13-15-9-6-5-7-10-15;1-18(2,3)22-17(21)19-11-7-10-15(13-20)16(19)12-14-8-5-4-6-9-14;1-17(2,3)21-16(20)18-11-7-10-15(19)14(18)12-13-8-5-4-6-9-13/h2-4,6-7,15-17,23-25,35H,5,8-14H2,1H3;2-4,6-7,18-19H,5,8-15,24H2,1H3;5-7,9-10,14,17H,8,11-13H2,1-4H3;4-6,8-9,13,15-16H,7,10-12H2,1-3H3;4-6,8-9,14H,7,10-12H2,1-3H3/b;;16-14+;;. The molecule has 0 bridgehead atoms. The summed E-state index contributed by atoms with van der Waals surface area (Å²) in [6.45, 7) is 29.5. The van der Waals surface area contributed by atoms with E-state index in [2.05, 4.69) is 66.7 Å². The summed E-state index contributed by atoms with van der Waals surface area (Å²) in [6, 6.07) is 50.6. The molecule has 7 heterocycles. The third kappa shape index (κ3) is 33.0. The highest BCUT2D eigenvalue weighted by atomic mass is 31.0. The van der Waals surface area contributed by atoms with E-state index in [1.54, 1.807) is 35.0 Å². The number of benzene rings is 6. The number of amides is 6. The van der Waals surface area contributed by atoms with E-state index in [1.807, 2.05) is 181 Å². The molecule has 21 nitrogen and oxygen atoms in total. The Bertz CT molecular complexity index is 4530. The number of halogens is 6. The van der Waals surface area contributed by atoms with E-state index in [0.29, 0.717) is 115 Å². The maximum absolute atomic E-state index is 13.6. The van der Waals surface area contributed by atoms with Gasteiger partial charge in [-0.2, -0.15) is 26.3 Å². The third-order valence-electron chi connectivity index (χ3n) is 24.3. The van der Waals surface area contributed by atoms with Crippen LogP contribution in [-0.2, 0) is 82.6 Å². The number of hydrogen-bond donors (Lipinski definition) is 1. The number of nitrogens with one attached hydrogen (secondary N) is 1. The molecule has 0 aliphatic carbocycles. The van der Waals surface area contributed by atoms with Crippen LogP contribution in [0.15, 0.2) is 182 Å². The second-order valence-corrected chi connectivity index (χ2v) is 38.3. The number of aldehydes is 1. The Morgan fingerprint density at radius 2 is 0.837 bits per heavy atom. The smallest absolute Gasteiger partial charge is 0.416 e. The first-order valence-electron chi connectivity index (χ1n) is 45.6. The first kappa shape index (κ1) is 103. The van der Waals surface area contributed by atoms with Crippen LogP contribution < -0.4 is 5.32 Å². The summed E-state index contributed by atoms with van der Waals surface area (Å²) in [5.41, 5.74) is 1.67. The number of piperazine rings is 1. The zero-order valence-corrected chi connectivity index (χ0v) is 78.5. The third-order valence-corrected chi connectivity index (χ3v) is 25.0. The fourth-order valence-corrected chi connectivity index (χ4v) is 18.5. The van der Waals surface area contributed by atoms with Gasteiger partial charge in [-0.3, -0.25) is 33.6 Å². The molecule has 129 heavy (non-hydrogen) atoms. The van der Waals surface area contributed by atoms with Crippen molar-refractivity contribution in [2.45, 2.75) is 257 Å². The lowest BCUT2D eigenvalue weighted by Gasteiger charge is -2.44. The van der Waals surface area contributed by atoms with Crippen molar-refractivity contribution < 1.29 is 83.6 Å². The Balaban J connectivity index is 0.000000186. The van der Waals surface area contributed by atoms with Gasteiger partial charge in [-0.15, -0.1) is 0 Å². The Morgan fingerprint density at radius 3 is 1.29 bits per heavy atom. The number of nitrogens with zero attached hydrogens (tertiary/aromatic N) is 8. The lowest BCUT2D eigenvalue weighted by Crippen LogP contribution is -2.59. The molecule has 6 aromatic carbocycles. The maximum atomic E-state index is 13.6. The van der Waals surface area contributed by atoms with E-state index in [9.17, 15) is 64.7 Å². The van der Waals surface area contributed by atoms with Crippen LogP contribution in [0.2, 0.25) is 0 Å². The van der Waals surface area contributed by atoms with Crippen LogP contribution >= 0.6 is 9.39 Å². The topological polar surface area (TPSA) is 211 Å². The number of carbonyl (C=O) groups excluding carboxylic acids is 8. The van der Waals surface area contributed by atoms with Crippen molar-refractivity contribution in [2.24, 2.45) is 11.8 Å². The van der Waals surface area contributed by atoms with E-state index in [-0.39, 0.29) is 72.5 Å². The fourth-order valence-electron chi connectivity index (χ4n) is 17.9.